The van der Waals surface area contributed by atoms with Gasteiger partial charge in [-0.25, -0.2) is 13.2 Å². The minimum Gasteiger partial charge on any atom is -0.490 e. The zero-order valence-corrected chi connectivity index (χ0v) is 22.9. The highest BCUT2D eigenvalue weighted by molar-refractivity contribution is 5.67. The lowest BCUT2D eigenvalue weighted by atomic mass is 9.78. The predicted molar refractivity (Wildman–Crippen MR) is 151 cm³/mol. The van der Waals surface area contributed by atoms with Gasteiger partial charge in [0.2, 0.25) is 5.82 Å². The van der Waals surface area contributed by atoms with Gasteiger partial charge in [0, 0.05) is 11.1 Å². The van der Waals surface area contributed by atoms with Crippen LogP contribution in [0.25, 0.3) is 17.2 Å². The maximum Gasteiger partial charge on any atom is 0.200 e. The lowest BCUT2D eigenvalue weighted by Crippen LogP contribution is -2.14. The molecule has 0 radical (unpaired) electrons. The minimum atomic E-state index is -0.908. The second-order valence-electron chi connectivity index (χ2n) is 10.7. The summed E-state index contributed by atoms with van der Waals surface area (Å²) in [6.07, 6.45) is 11.8. The van der Waals surface area contributed by atoms with Crippen LogP contribution in [0.4, 0.5) is 17.6 Å². The van der Waals surface area contributed by atoms with Gasteiger partial charge in [0.1, 0.15) is 0 Å². The summed E-state index contributed by atoms with van der Waals surface area (Å²) < 4.78 is 64.7. The van der Waals surface area contributed by atoms with E-state index in [-0.39, 0.29) is 28.7 Å². The molecule has 0 saturated heterocycles. The van der Waals surface area contributed by atoms with Gasteiger partial charge in [-0.15, -0.1) is 0 Å². The Bertz CT molecular complexity index is 1260. The summed E-state index contributed by atoms with van der Waals surface area (Å²) >= 11 is 0. The zero-order valence-electron chi connectivity index (χ0n) is 22.9. The maximum atomic E-state index is 14.9. The lowest BCUT2D eigenvalue weighted by Gasteiger charge is -2.27. The van der Waals surface area contributed by atoms with Crippen LogP contribution in [0.5, 0.6) is 5.75 Å². The first kappa shape index (κ1) is 28.9. The van der Waals surface area contributed by atoms with Gasteiger partial charge in [0.25, 0.3) is 0 Å². The smallest absolute Gasteiger partial charge is 0.200 e. The summed E-state index contributed by atoms with van der Waals surface area (Å²) in [5.74, 6) is -3.37. The quantitative estimate of drug-likeness (QED) is 0.174. The summed E-state index contributed by atoms with van der Waals surface area (Å²) in [7, 11) is 0. The van der Waals surface area contributed by atoms with Gasteiger partial charge in [0.15, 0.2) is 23.2 Å². The number of unbranched alkanes of at least 4 members (excludes halogenated alkanes) is 4. The van der Waals surface area contributed by atoms with Crippen molar-refractivity contribution >= 4 is 6.08 Å². The highest BCUT2D eigenvalue weighted by Gasteiger charge is 2.26. The molecule has 0 atom stereocenters. The molecule has 1 fully saturated rings. The van der Waals surface area contributed by atoms with Gasteiger partial charge in [-0.2, -0.15) is 4.39 Å². The lowest BCUT2D eigenvalue weighted by molar-refractivity contribution is 0.283. The molecule has 0 amide bonds. The van der Waals surface area contributed by atoms with Crippen LogP contribution in [0.2, 0.25) is 0 Å². The number of hydrogen-bond donors (Lipinski definition) is 0. The van der Waals surface area contributed by atoms with Crippen LogP contribution in [0.1, 0.15) is 87.3 Å². The largest absolute Gasteiger partial charge is 0.490 e. The molecule has 1 aliphatic rings. The van der Waals surface area contributed by atoms with Crippen LogP contribution in [0, 0.1) is 36.1 Å². The molecule has 208 valence electrons. The highest BCUT2D eigenvalue weighted by atomic mass is 19.2. The second-order valence-corrected chi connectivity index (χ2v) is 10.7. The number of halogens is 4. The van der Waals surface area contributed by atoms with Crippen molar-refractivity contribution in [2.24, 2.45) is 5.92 Å². The Kier molecular flexibility index (Phi) is 10.2. The normalized spacial score (nSPS) is 17.6. The standard InChI is InChI=1S/C34H38F4O/c1-3-4-5-6-7-22-39-30-21-20-29(33(37)34(30)38)26-15-10-24(11-16-26)12-17-27-18-19-28(32(36)31(27)35)25-13-8-23(2)9-14-25/h8-9,12-14,17-21,24,26H,3-7,10-11,15-16,22H2,1-2H3/b17-12+. The van der Waals surface area contributed by atoms with Crippen molar-refractivity contribution in [3.63, 3.8) is 0 Å². The van der Waals surface area contributed by atoms with Gasteiger partial charge in [0.05, 0.1) is 6.61 Å². The molecule has 0 unspecified atom stereocenters. The van der Waals surface area contributed by atoms with Crippen LogP contribution in [-0.4, -0.2) is 6.61 Å². The van der Waals surface area contributed by atoms with E-state index in [1.165, 1.54) is 6.42 Å². The highest BCUT2D eigenvalue weighted by Crippen LogP contribution is 2.39. The third kappa shape index (κ3) is 7.32. The van der Waals surface area contributed by atoms with E-state index in [0.29, 0.717) is 30.6 Å². The molecular weight excluding hydrogens is 500 g/mol. The molecule has 0 spiro atoms. The summed E-state index contributed by atoms with van der Waals surface area (Å²) in [5, 5.41) is 0. The Morgan fingerprint density at radius 3 is 2.18 bits per heavy atom. The van der Waals surface area contributed by atoms with Crippen molar-refractivity contribution < 1.29 is 22.3 Å². The number of hydrogen-bond acceptors (Lipinski definition) is 1. The van der Waals surface area contributed by atoms with Crippen LogP contribution in [0.3, 0.4) is 0 Å². The molecule has 0 bridgehead atoms. The molecule has 1 aliphatic carbocycles. The molecule has 0 aromatic heterocycles. The minimum absolute atomic E-state index is 0.0222. The molecule has 1 nitrogen and oxygen atoms in total. The monoisotopic (exact) mass is 538 g/mol. The first-order chi connectivity index (χ1) is 18.9. The Morgan fingerprint density at radius 1 is 0.744 bits per heavy atom. The molecule has 4 rings (SSSR count). The van der Waals surface area contributed by atoms with E-state index in [0.717, 1.165) is 44.1 Å². The first-order valence-electron chi connectivity index (χ1n) is 14.2. The van der Waals surface area contributed by atoms with E-state index < -0.39 is 23.3 Å². The number of benzene rings is 3. The topological polar surface area (TPSA) is 9.23 Å². The zero-order chi connectivity index (χ0) is 27.8. The van der Waals surface area contributed by atoms with Crippen molar-refractivity contribution in [2.75, 3.05) is 6.61 Å². The van der Waals surface area contributed by atoms with E-state index in [1.54, 1.807) is 42.5 Å². The molecule has 0 aliphatic heterocycles. The number of rotatable bonds is 11. The first-order valence-corrected chi connectivity index (χ1v) is 14.2. The van der Waals surface area contributed by atoms with Crippen molar-refractivity contribution in [1.82, 2.24) is 0 Å². The average molecular weight is 539 g/mol. The molecule has 0 N–H and O–H groups in total. The maximum absolute atomic E-state index is 14.9. The second kappa shape index (κ2) is 13.8. The van der Waals surface area contributed by atoms with Crippen LogP contribution in [0.15, 0.2) is 54.6 Å². The molecule has 3 aromatic carbocycles. The fourth-order valence-corrected chi connectivity index (χ4v) is 5.37. The van der Waals surface area contributed by atoms with Crippen molar-refractivity contribution in [3.05, 3.63) is 94.6 Å². The fraction of sp³-hybridized carbons (Fsp3) is 0.412. The van der Waals surface area contributed by atoms with Gasteiger partial charge < -0.3 is 4.74 Å². The summed E-state index contributed by atoms with van der Waals surface area (Å²) in [4.78, 5) is 0. The third-order valence-electron chi connectivity index (χ3n) is 7.82. The van der Waals surface area contributed by atoms with Gasteiger partial charge in [-0.05, 0) is 68.1 Å². The number of allylic oxidation sites excluding steroid dienone is 1. The van der Waals surface area contributed by atoms with E-state index in [1.807, 2.05) is 25.1 Å². The van der Waals surface area contributed by atoms with E-state index in [4.69, 9.17) is 4.74 Å². The molecular formula is C34H38F4O. The van der Waals surface area contributed by atoms with Gasteiger partial charge in [-0.1, -0.05) is 92.8 Å². The molecule has 5 heteroatoms. The van der Waals surface area contributed by atoms with Crippen molar-refractivity contribution in [2.45, 2.75) is 77.6 Å². The fourth-order valence-electron chi connectivity index (χ4n) is 5.37. The van der Waals surface area contributed by atoms with E-state index >= 15 is 0 Å². The summed E-state index contributed by atoms with van der Waals surface area (Å²) in [5.41, 5.74) is 2.53. The molecule has 3 aromatic rings. The molecule has 0 heterocycles. The summed E-state index contributed by atoms with van der Waals surface area (Å²) in [6, 6.07) is 13.7. The Hall–Kier alpha value is -3.08. The Labute approximate surface area is 229 Å². The van der Waals surface area contributed by atoms with Gasteiger partial charge >= 0.3 is 0 Å². The SMILES string of the molecule is CCCCCCCOc1ccc(C2CCC(/C=C/c3ccc(-c4ccc(C)cc4)c(F)c3F)CC2)c(F)c1F. The van der Waals surface area contributed by atoms with Crippen LogP contribution in [-0.2, 0) is 0 Å². The van der Waals surface area contributed by atoms with Crippen molar-refractivity contribution in [1.29, 1.82) is 0 Å². The number of ether oxygens (including phenoxy) is 1. The Balaban J connectivity index is 1.33. The van der Waals surface area contributed by atoms with Crippen LogP contribution < -0.4 is 4.74 Å². The van der Waals surface area contributed by atoms with Crippen molar-refractivity contribution in [3.8, 4) is 16.9 Å². The molecule has 39 heavy (non-hydrogen) atoms. The molecule has 1 saturated carbocycles. The number of aryl methyl sites for hydroxylation is 1. The average Bonchev–Trinajstić information content (AvgIpc) is 2.95. The van der Waals surface area contributed by atoms with Gasteiger partial charge in [-0.3, -0.25) is 0 Å². The van der Waals surface area contributed by atoms with E-state index in [9.17, 15) is 17.6 Å². The van der Waals surface area contributed by atoms with Crippen LogP contribution >= 0.6 is 0 Å². The summed E-state index contributed by atoms with van der Waals surface area (Å²) in [6.45, 7) is 4.48. The Morgan fingerprint density at radius 2 is 1.46 bits per heavy atom. The van der Waals surface area contributed by atoms with E-state index in [2.05, 4.69) is 6.92 Å². The predicted octanol–water partition coefficient (Wildman–Crippen LogP) is 10.6. The third-order valence-corrected chi connectivity index (χ3v) is 7.82.